The van der Waals surface area contributed by atoms with Crippen molar-refractivity contribution < 1.29 is 9.59 Å². The highest BCUT2D eigenvalue weighted by Crippen LogP contribution is 2.29. The highest BCUT2D eigenvalue weighted by Gasteiger charge is 2.20. The summed E-state index contributed by atoms with van der Waals surface area (Å²) >= 11 is 1.35. The Hall–Kier alpha value is -3.78. The monoisotopic (exact) mass is 501 g/mol. The number of unbranched alkanes of at least 4 members (excludes halogenated alkanes) is 1. The van der Waals surface area contributed by atoms with Crippen LogP contribution in [0.2, 0.25) is 0 Å². The number of rotatable bonds is 10. The third kappa shape index (κ3) is 6.26. The van der Waals surface area contributed by atoms with E-state index in [0.29, 0.717) is 10.7 Å². The second-order valence-corrected chi connectivity index (χ2v) is 10.2. The molecule has 0 radical (unpaired) electrons. The molecule has 0 spiro atoms. The predicted molar refractivity (Wildman–Crippen MR) is 145 cm³/mol. The zero-order valence-electron chi connectivity index (χ0n) is 20.8. The van der Waals surface area contributed by atoms with Crippen molar-refractivity contribution in [3.05, 3.63) is 78.2 Å². The number of carbonyl (C=O) groups excluding carboxylic acids is 2. The molecule has 7 nitrogen and oxygen atoms in total. The van der Waals surface area contributed by atoms with E-state index in [1.807, 2.05) is 48.1 Å². The van der Waals surface area contributed by atoms with E-state index in [-0.39, 0.29) is 23.9 Å². The summed E-state index contributed by atoms with van der Waals surface area (Å²) in [4.78, 5) is 33.6. The molecule has 3 heterocycles. The van der Waals surface area contributed by atoms with Gasteiger partial charge in [0.05, 0.1) is 17.8 Å². The van der Waals surface area contributed by atoms with Gasteiger partial charge in [-0.25, -0.2) is 4.98 Å². The van der Waals surface area contributed by atoms with Gasteiger partial charge >= 0.3 is 0 Å². The molecular formula is C28H31N5O2S. The summed E-state index contributed by atoms with van der Waals surface area (Å²) in [5.41, 5.74) is 4.36. The maximum absolute atomic E-state index is 12.6. The maximum atomic E-state index is 12.6. The molecule has 0 aliphatic carbocycles. The molecule has 2 amide bonds. The van der Waals surface area contributed by atoms with E-state index in [4.69, 9.17) is 0 Å². The minimum Gasteiger partial charge on any atom is -0.348 e. The number of amides is 2. The Morgan fingerprint density at radius 2 is 1.83 bits per heavy atom. The van der Waals surface area contributed by atoms with Gasteiger partial charge in [-0.2, -0.15) is 0 Å². The number of anilines is 1. The highest BCUT2D eigenvalue weighted by atomic mass is 32.1. The molecule has 0 bridgehead atoms. The number of aromatic nitrogens is 3. The lowest BCUT2D eigenvalue weighted by Gasteiger charge is -2.27. The molecule has 0 aliphatic heterocycles. The summed E-state index contributed by atoms with van der Waals surface area (Å²) in [6.45, 7) is 6.37. The number of pyridine rings is 1. The van der Waals surface area contributed by atoms with E-state index in [9.17, 15) is 9.59 Å². The Kier molecular flexibility index (Phi) is 7.95. The minimum atomic E-state index is -0.322. The highest BCUT2D eigenvalue weighted by molar-refractivity contribution is 7.14. The molecule has 1 aromatic carbocycles. The molecule has 36 heavy (non-hydrogen) atoms. The smallest absolute Gasteiger partial charge is 0.253 e. The van der Waals surface area contributed by atoms with E-state index >= 15 is 0 Å². The number of carbonyl (C=O) groups is 2. The Morgan fingerprint density at radius 1 is 1.06 bits per heavy atom. The molecule has 0 atom stereocenters. The number of hydrogen-bond donors (Lipinski definition) is 2. The molecule has 0 aliphatic rings. The van der Waals surface area contributed by atoms with Crippen molar-refractivity contribution in [1.29, 1.82) is 0 Å². The fourth-order valence-corrected chi connectivity index (χ4v) is 4.67. The first-order chi connectivity index (χ1) is 17.4. The summed E-state index contributed by atoms with van der Waals surface area (Å²) in [6, 6.07) is 13.8. The Labute approximate surface area is 215 Å². The van der Waals surface area contributed by atoms with Gasteiger partial charge < -0.3 is 15.2 Å². The van der Waals surface area contributed by atoms with Gasteiger partial charge in [-0.1, -0.05) is 38.0 Å². The lowest BCUT2D eigenvalue weighted by molar-refractivity contribution is -0.115. The SMILES string of the molecule is CCCCC(C)(C)n1ccc(C(=O)NCC(=O)Nc2nc(-c3cccc(-c4ccncc4)c3)cs2)c1. The second-order valence-electron chi connectivity index (χ2n) is 9.31. The number of hydrogen-bond acceptors (Lipinski definition) is 5. The number of nitrogens with zero attached hydrogens (tertiary/aromatic N) is 3. The van der Waals surface area contributed by atoms with Crippen LogP contribution >= 0.6 is 11.3 Å². The van der Waals surface area contributed by atoms with Crippen molar-refractivity contribution in [3.8, 4) is 22.4 Å². The molecule has 8 heteroatoms. The molecule has 3 aromatic heterocycles. The summed E-state index contributed by atoms with van der Waals surface area (Å²) in [7, 11) is 0. The van der Waals surface area contributed by atoms with E-state index in [0.717, 1.165) is 41.6 Å². The van der Waals surface area contributed by atoms with Crippen LogP contribution in [0.5, 0.6) is 0 Å². The lowest BCUT2D eigenvalue weighted by atomic mass is 9.97. The molecule has 2 N–H and O–H groups in total. The van der Waals surface area contributed by atoms with Crippen LogP contribution in [0.25, 0.3) is 22.4 Å². The van der Waals surface area contributed by atoms with E-state index in [1.54, 1.807) is 18.5 Å². The Balaban J connectivity index is 1.32. The van der Waals surface area contributed by atoms with Gasteiger partial charge in [0.15, 0.2) is 5.13 Å². The second kappa shape index (κ2) is 11.3. The molecule has 4 rings (SSSR count). The predicted octanol–water partition coefficient (Wildman–Crippen LogP) is 5.97. The first-order valence-electron chi connectivity index (χ1n) is 12.1. The van der Waals surface area contributed by atoms with Crippen LogP contribution in [-0.2, 0) is 10.3 Å². The van der Waals surface area contributed by atoms with E-state index < -0.39 is 0 Å². The summed E-state index contributed by atoms with van der Waals surface area (Å²) in [5.74, 6) is -0.597. The third-order valence-corrected chi connectivity index (χ3v) is 6.89. The minimum absolute atomic E-state index is 0.0632. The van der Waals surface area contributed by atoms with Crippen molar-refractivity contribution >= 4 is 28.3 Å². The molecular weight excluding hydrogens is 470 g/mol. The van der Waals surface area contributed by atoms with Gasteiger partial charge in [-0.3, -0.25) is 14.6 Å². The van der Waals surface area contributed by atoms with Crippen LogP contribution < -0.4 is 10.6 Å². The van der Waals surface area contributed by atoms with Crippen molar-refractivity contribution in [2.75, 3.05) is 11.9 Å². The fraction of sp³-hybridized carbons (Fsp3) is 0.286. The van der Waals surface area contributed by atoms with Crippen LogP contribution in [0.3, 0.4) is 0 Å². The average Bonchev–Trinajstić information content (AvgIpc) is 3.58. The summed E-state index contributed by atoms with van der Waals surface area (Å²) < 4.78 is 2.07. The molecule has 186 valence electrons. The molecule has 0 fully saturated rings. The van der Waals surface area contributed by atoms with Gasteiger partial charge in [-0.05, 0) is 55.7 Å². The number of benzene rings is 1. The lowest BCUT2D eigenvalue weighted by Crippen LogP contribution is -2.32. The largest absolute Gasteiger partial charge is 0.348 e. The summed E-state index contributed by atoms with van der Waals surface area (Å²) in [6.07, 6.45) is 10.6. The van der Waals surface area contributed by atoms with E-state index in [2.05, 4.69) is 52.0 Å². The average molecular weight is 502 g/mol. The van der Waals surface area contributed by atoms with Gasteiger partial charge in [0.2, 0.25) is 5.91 Å². The number of nitrogens with one attached hydrogen (secondary N) is 2. The number of thiazole rings is 1. The normalized spacial score (nSPS) is 11.3. The zero-order valence-corrected chi connectivity index (χ0v) is 21.6. The van der Waals surface area contributed by atoms with Crippen LogP contribution in [0.4, 0.5) is 5.13 Å². The van der Waals surface area contributed by atoms with Crippen molar-refractivity contribution in [2.45, 2.75) is 45.6 Å². The zero-order chi connectivity index (χ0) is 25.5. The van der Waals surface area contributed by atoms with Crippen LogP contribution in [0.15, 0.2) is 72.6 Å². The van der Waals surface area contributed by atoms with Crippen LogP contribution in [0.1, 0.15) is 50.4 Å². The maximum Gasteiger partial charge on any atom is 0.253 e. The van der Waals surface area contributed by atoms with E-state index in [1.165, 1.54) is 11.3 Å². The van der Waals surface area contributed by atoms with Crippen molar-refractivity contribution in [1.82, 2.24) is 19.9 Å². The van der Waals surface area contributed by atoms with Crippen molar-refractivity contribution in [2.24, 2.45) is 0 Å². The van der Waals surface area contributed by atoms with Gasteiger partial charge in [0.25, 0.3) is 5.91 Å². The third-order valence-electron chi connectivity index (χ3n) is 6.13. The fourth-order valence-electron chi connectivity index (χ4n) is 3.94. The van der Waals surface area contributed by atoms with Gasteiger partial charge in [0.1, 0.15) is 0 Å². The molecule has 0 saturated heterocycles. The molecule has 0 saturated carbocycles. The first kappa shape index (κ1) is 25.3. The first-order valence-corrected chi connectivity index (χ1v) is 13.0. The standard InChI is InChI=1S/C28H31N5O2S/c1-4-5-12-28(2,3)33-15-11-23(18-33)26(35)30-17-25(34)32-27-31-24(19-36-27)22-8-6-7-21(16-22)20-9-13-29-14-10-20/h6-11,13-16,18-19H,4-5,12,17H2,1-3H3,(H,30,35)(H,31,32,34). The van der Waals surface area contributed by atoms with Crippen LogP contribution in [0, 0.1) is 0 Å². The Bertz CT molecular complexity index is 1330. The Morgan fingerprint density at radius 3 is 2.61 bits per heavy atom. The summed E-state index contributed by atoms with van der Waals surface area (Å²) in [5, 5.41) is 7.87. The van der Waals surface area contributed by atoms with Gasteiger partial charge in [0, 0.05) is 41.3 Å². The van der Waals surface area contributed by atoms with Crippen molar-refractivity contribution in [3.63, 3.8) is 0 Å². The van der Waals surface area contributed by atoms with Gasteiger partial charge in [-0.15, -0.1) is 11.3 Å². The molecule has 4 aromatic rings. The quantitative estimate of drug-likeness (QED) is 0.280. The van der Waals surface area contributed by atoms with Crippen LogP contribution in [-0.4, -0.2) is 32.9 Å². The molecule has 0 unspecified atom stereocenters. The topological polar surface area (TPSA) is 88.9 Å².